The SMILES string of the molecule is Cc1noc(C(CSC(c2ccccc2)(c2ccccc2)c2ccccc2)Nc2nc(CCBr)cs2)n1. The number of thioether (sulfide) groups is 1. The molecule has 0 saturated carbocycles. The Bertz CT molecular complexity index is 1300. The summed E-state index contributed by atoms with van der Waals surface area (Å²) >= 11 is 6.96. The molecule has 0 bridgehead atoms. The Morgan fingerprint density at radius 3 is 1.95 bits per heavy atom. The molecular weight excluding hydrogens is 564 g/mol. The molecular formula is C29H27BrN4OS2. The highest BCUT2D eigenvalue weighted by Crippen LogP contribution is 2.49. The molecule has 0 radical (unpaired) electrons. The van der Waals surface area contributed by atoms with Gasteiger partial charge in [0.1, 0.15) is 6.04 Å². The molecule has 2 aromatic heterocycles. The summed E-state index contributed by atoms with van der Waals surface area (Å²) in [7, 11) is 0. The van der Waals surface area contributed by atoms with E-state index in [9.17, 15) is 0 Å². The molecule has 5 aromatic rings. The molecule has 0 aliphatic rings. The summed E-state index contributed by atoms with van der Waals surface area (Å²) in [5.41, 5.74) is 4.70. The topological polar surface area (TPSA) is 63.8 Å². The van der Waals surface area contributed by atoms with Gasteiger partial charge in [0.05, 0.1) is 10.4 Å². The fraction of sp³-hybridized carbons (Fsp3) is 0.207. The van der Waals surface area contributed by atoms with Crippen LogP contribution in [0.4, 0.5) is 5.13 Å². The molecule has 1 N–H and O–H groups in total. The second-order valence-electron chi connectivity index (χ2n) is 8.55. The summed E-state index contributed by atoms with van der Waals surface area (Å²) in [6, 6.07) is 31.9. The Balaban J connectivity index is 1.56. The molecule has 5 nitrogen and oxygen atoms in total. The fourth-order valence-corrected chi connectivity index (χ4v) is 7.10. The summed E-state index contributed by atoms with van der Waals surface area (Å²) in [6.07, 6.45) is 0.885. The maximum atomic E-state index is 5.67. The van der Waals surface area contributed by atoms with E-state index in [0.717, 1.165) is 22.6 Å². The molecule has 0 aliphatic carbocycles. The Morgan fingerprint density at radius 2 is 1.46 bits per heavy atom. The zero-order valence-electron chi connectivity index (χ0n) is 20.4. The van der Waals surface area contributed by atoms with Crippen molar-refractivity contribution in [3.05, 3.63) is 130 Å². The second kappa shape index (κ2) is 12.1. The number of hydrogen-bond donors (Lipinski definition) is 1. The molecule has 2 heterocycles. The maximum absolute atomic E-state index is 5.67. The Morgan fingerprint density at radius 1 is 0.892 bits per heavy atom. The van der Waals surface area contributed by atoms with Gasteiger partial charge in [-0.3, -0.25) is 0 Å². The lowest BCUT2D eigenvalue weighted by atomic mass is 9.84. The maximum Gasteiger partial charge on any atom is 0.250 e. The predicted molar refractivity (Wildman–Crippen MR) is 157 cm³/mol. The molecule has 0 aliphatic heterocycles. The third-order valence-corrected chi connectivity index (χ3v) is 8.91. The summed E-state index contributed by atoms with van der Waals surface area (Å²) in [5, 5.41) is 11.5. The minimum absolute atomic E-state index is 0.218. The van der Waals surface area contributed by atoms with E-state index in [1.807, 2.05) is 18.7 Å². The Labute approximate surface area is 233 Å². The van der Waals surface area contributed by atoms with Crippen molar-refractivity contribution in [2.75, 3.05) is 16.4 Å². The number of benzene rings is 3. The monoisotopic (exact) mass is 590 g/mol. The average Bonchev–Trinajstić information content (AvgIpc) is 3.59. The van der Waals surface area contributed by atoms with E-state index in [1.165, 1.54) is 16.7 Å². The number of alkyl halides is 1. The van der Waals surface area contributed by atoms with Crippen LogP contribution < -0.4 is 5.32 Å². The van der Waals surface area contributed by atoms with Crippen molar-refractivity contribution in [1.29, 1.82) is 0 Å². The van der Waals surface area contributed by atoms with Crippen LogP contribution in [0.5, 0.6) is 0 Å². The van der Waals surface area contributed by atoms with E-state index >= 15 is 0 Å². The number of anilines is 1. The lowest BCUT2D eigenvalue weighted by molar-refractivity contribution is 0.365. The second-order valence-corrected chi connectivity index (χ2v) is 11.4. The van der Waals surface area contributed by atoms with E-state index in [2.05, 4.69) is 128 Å². The quantitative estimate of drug-likeness (QED) is 0.126. The van der Waals surface area contributed by atoms with Crippen molar-refractivity contribution in [3.63, 3.8) is 0 Å². The van der Waals surface area contributed by atoms with E-state index < -0.39 is 4.75 Å². The molecule has 37 heavy (non-hydrogen) atoms. The number of thiazole rings is 1. The van der Waals surface area contributed by atoms with Gasteiger partial charge in [-0.1, -0.05) is 112 Å². The van der Waals surface area contributed by atoms with Gasteiger partial charge >= 0.3 is 0 Å². The first kappa shape index (κ1) is 25.7. The van der Waals surface area contributed by atoms with E-state index in [1.54, 1.807) is 11.3 Å². The van der Waals surface area contributed by atoms with Crippen LogP contribution in [-0.4, -0.2) is 26.2 Å². The van der Waals surface area contributed by atoms with Crippen LogP contribution in [0.2, 0.25) is 0 Å². The largest absolute Gasteiger partial charge is 0.349 e. The van der Waals surface area contributed by atoms with Crippen LogP contribution in [0.15, 0.2) is 101 Å². The smallest absolute Gasteiger partial charge is 0.250 e. The van der Waals surface area contributed by atoms with Crippen molar-refractivity contribution in [2.45, 2.75) is 24.1 Å². The normalized spacial score (nSPS) is 12.4. The van der Waals surface area contributed by atoms with Crippen LogP contribution in [0.3, 0.4) is 0 Å². The van der Waals surface area contributed by atoms with Gasteiger partial charge in [0.2, 0.25) is 5.89 Å². The number of rotatable bonds is 11. The lowest BCUT2D eigenvalue weighted by Gasteiger charge is -2.36. The third-order valence-electron chi connectivity index (χ3n) is 6.05. The highest BCUT2D eigenvalue weighted by atomic mass is 79.9. The molecule has 0 saturated heterocycles. The van der Waals surface area contributed by atoms with Gasteiger partial charge in [-0.25, -0.2) is 4.98 Å². The molecule has 0 spiro atoms. The summed E-state index contributed by atoms with van der Waals surface area (Å²) in [6.45, 7) is 1.84. The highest BCUT2D eigenvalue weighted by Gasteiger charge is 2.38. The minimum atomic E-state index is -0.442. The van der Waals surface area contributed by atoms with Crippen LogP contribution >= 0.6 is 39.0 Å². The van der Waals surface area contributed by atoms with Crippen LogP contribution in [-0.2, 0) is 11.2 Å². The van der Waals surface area contributed by atoms with Crippen molar-refractivity contribution < 1.29 is 4.52 Å². The minimum Gasteiger partial charge on any atom is -0.349 e. The van der Waals surface area contributed by atoms with E-state index in [0.29, 0.717) is 17.5 Å². The summed E-state index contributed by atoms with van der Waals surface area (Å²) in [4.78, 5) is 9.35. The lowest BCUT2D eigenvalue weighted by Crippen LogP contribution is -2.28. The number of hydrogen-bond acceptors (Lipinski definition) is 7. The van der Waals surface area contributed by atoms with Crippen LogP contribution in [0.1, 0.15) is 40.1 Å². The van der Waals surface area contributed by atoms with Gasteiger partial charge in [-0.15, -0.1) is 23.1 Å². The summed E-state index contributed by atoms with van der Waals surface area (Å²) < 4.78 is 5.23. The number of nitrogens with zero attached hydrogens (tertiary/aromatic N) is 3. The first-order valence-electron chi connectivity index (χ1n) is 12.1. The van der Waals surface area contributed by atoms with Gasteiger partial charge in [-0.2, -0.15) is 4.98 Å². The Hall–Kier alpha value is -2.94. The van der Waals surface area contributed by atoms with Crippen molar-refractivity contribution in [1.82, 2.24) is 15.1 Å². The van der Waals surface area contributed by atoms with Crippen molar-refractivity contribution in [3.8, 4) is 0 Å². The molecule has 188 valence electrons. The Kier molecular flexibility index (Phi) is 8.38. The molecule has 0 fully saturated rings. The average molecular weight is 592 g/mol. The number of aromatic nitrogens is 3. The first-order chi connectivity index (χ1) is 18.2. The van der Waals surface area contributed by atoms with Crippen molar-refractivity contribution >= 4 is 44.2 Å². The predicted octanol–water partition coefficient (Wildman–Crippen LogP) is 7.65. The third kappa shape index (κ3) is 5.81. The van der Waals surface area contributed by atoms with E-state index in [4.69, 9.17) is 9.51 Å². The number of halogens is 1. The zero-order chi connectivity index (χ0) is 25.5. The first-order valence-corrected chi connectivity index (χ1v) is 15.1. The molecule has 1 unspecified atom stereocenters. The standard InChI is InChI=1S/C29H27BrN4OS2/c1-21-31-27(35-34-21)26(33-28-32-25(17-18-30)19-36-28)20-37-29(22-11-5-2-6-12-22,23-13-7-3-8-14-23)24-15-9-4-10-16-24/h2-16,19,26H,17-18,20H2,1H3,(H,32,33). The van der Waals surface area contributed by atoms with Gasteiger partial charge in [-0.05, 0) is 23.6 Å². The number of nitrogens with one attached hydrogen (secondary N) is 1. The van der Waals surface area contributed by atoms with Gasteiger partial charge in [0, 0.05) is 22.9 Å². The van der Waals surface area contributed by atoms with Crippen molar-refractivity contribution in [2.24, 2.45) is 0 Å². The molecule has 8 heteroatoms. The molecule has 1 atom stereocenters. The van der Waals surface area contributed by atoms with Gasteiger partial charge in [0.15, 0.2) is 11.0 Å². The van der Waals surface area contributed by atoms with Gasteiger partial charge < -0.3 is 9.84 Å². The molecule has 5 rings (SSSR count). The van der Waals surface area contributed by atoms with Crippen LogP contribution in [0.25, 0.3) is 0 Å². The fourth-order valence-electron chi connectivity index (χ4n) is 4.34. The molecule has 3 aromatic carbocycles. The summed E-state index contributed by atoms with van der Waals surface area (Å²) in [5.74, 6) is 1.85. The van der Waals surface area contributed by atoms with Gasteiger partial charge in [0.25, 0.3) is 0 Å². The molecule has 0 amide bonds. The number of aryl methyl sites for hydroxylation is 2. The van der Waals surface area contributed by atoms with E-state index in [-0.39, 0.29) is 6.04 Å². The highest BCUT2D eigenvalue weighted by molar-refractivity contribution is 9.09. The van der Waals surface area contributed by atoms with Crippen LogP contribution in [0, 0.1) is 6.92 Å². The zero-order valence-corrected chi connectivity index (χ0v) is 23.6.